The van der Waals surface area contributed by atoms with Crippen molar-refractivity contribution in [1.82, 2.24) is 19.5 Å². The Morgan fingerprint density at radius 3 is 2.79 bits per heavy atom. The van der Waals surface area contributed by atoms with E-state index in [2.05, 4.69) is 30.8 Å². The summed E-state index contributed by atoms with van der Waals surface area (Å²) in [5.41, 5.74) is 0. The van der Waals surface area contributed by atoms with Crippen LogP contribution < -0.4 is 4.72 Å². The van der Waals surface area contributed by atoms with Crippen molar-refractivity contribution in [2.24, 2.45) is 7.05 Å². The highest BCUT2D eigenvalue weighted by Crippen LogP contribution is 2.29. The van der Waals surface area contributed by atoms with Crippen LogP contribution in [-0.2, 0) is 23.5 Å². The molecule has 2 aromatic heterocycles. The first kappa shape index (κ1) is 14.6. The van der Waals surface area contributed by atoms with Gasteiger partial charge in [-0.3, -0.25) is 0 Å². The zero-order valence-electron chi connectivity index (χ0n) is 10.4. The molecule has 0 amide bonds. The number of hydrogen-bond donors (Lipinski definition) is 1. The van der Waals surface area contributed by atoms with E-state index in [1.807, 2.05) is 7.05 Å². The molecule has 2 heterocycles. The Balaban J connectivity index is 2.03. The van der Waals surface area contributed by atoms with Crippen molar-refractivity contribution in [2.75, 3.05) is 6.54 Å². The van der Waals surface area contributed by atoms with Gasteiger partial charge in [0.25, 0.3) is 0 Å². The Bertz CT molecular complexity index is 678. The van der Waals surface area contributed by atoms with Crippen molar-refractivity contribution < 1.29 is 8.42 Å². The molecular weight excluding hydrogens is 352 g/mol. The number of nitrogens with zero attached hydrogens (tertiary/aromatic N) is 3. The van der Waals surface area contributed by atoms with E-state index in [4.69, 9.17) is 0 Å². The molecule has 0 aromatic carbocycles. The number of sulfonamides is 1. The number of nitrogens with one attached hydrogen (secondary N) is 1. The minimum Gasteiger partial charge on any atom is -0.321 e. The monoisotopic (exact) mass is 364 g/mol. The summed E-state index contributed by atoms with van der Waals surface area (Å²) in [6, 6.07) is 1.62. The standard InChI is InChI=1S/C10H13BrN4O2S2/c1-7-8(5-9(11)18-7)19(16,17)13-4-3-10-14-12-6-15(10)2/h5-6,13H,3-4H2,1-2H3. The zero-order valence-corrected chi connectivity index (χ0v) is 13.6. The van der Waals surface area contributed by atoms with Gasteiger partial charge < -0.3 is 4.57 Å². The van der Waals surface area contributed by atoms with Crippen molar-refractivity contribution in [2.45, 2.75) is 18.2 Å². The van der Waals surface area contributed by atoms with Crippen LogP contribution in [0.5, 0.6) is 0 Å². The van der Waals surface area contributed by atoms with Crippen molar-refractivity contribution in [3.05, 3.63) is 26.9 Å². The fourth-order valence-electron chi connectivity index (χ4n) is 1.61. The van der Waals surface area contributed by atoms with E-state index in [0.717, 1.165) is 14.5 Å². The number of thiophene rings is 1. The predicted octanol–water partition coefficient (Wildman–Crippen LogP) is 1.47. The Hall–Kier alpha value is -0.770. The van der Waals surface area contributed by atoms with Crippen LogP contribution in [0, 0.1) is 6.92 Å². The molecule has 0 saturated heterocycles. The average molecular weight is 365 g/mol. The summed E-state index contributed by atoms with van der Waals surface area (Å²) >= 11 is 4.69. The Kier molecular flexibility index (Phi) is 4.39. The van der Waals surface area contributed by atoms with Crippen molar-refractivity contribution in [1.29, 1.82) is 0 Å². The second kappa shape index (κ2) is 5.70. The maximum absolute atomic E-state index is 12.1. The minimum atomic E-state index is -3.46. The van der Waals surface area contributed by atoms with Crippen LogP contribution in [0.4, 0.5) is 0 Å². The van der Waals surface area contributed by atoms with Crippen LogP contribution >= 0.6 is 27.3 Å². The molecule has 2 aromatic rings. The molecule has 0 aliphatic heterocycles. The molecule has 0 aliphatic rings. The first-order chi connectivity index (χ1) is 8.90. The summed E-state index contributed by atoms with van der Waals surface area (Å²) < 4.78 is 29.4. The lowest BCUT2D eigenvalue weighted by atomic mass is 10.4. The molecule has 0 bridgehead atoms. The SMILES string of the molecule is Cc1sc(Br)cc1S(=O)(=O)NCCc1nncn1C. The predicted molar refractivity (Wildman–Crippen MR) is 76.7 cm³/mol. The number of halogens is 1. The molecule has 0 atom stereocenters. The highest BCUT2D eigenvalue weighted by atomic mass is 79.9. The summed E-state index contributed by atoms with van der Waals surface area (Å²) in [6.45, 7) is 2.08. The summed E-state index contributed by atoms with van der Waals surface area (Å²) in [7, 11) is -1.64. The fraction of sp³-hybridized carbons (Fsp3) is 0.400. The van der Waals surface area contributed by atoms with E-state index < -0.39 is 10.0 Å². The van der Waals surface area contributed by atoms with Gasteiger partial charge in [0.2, 0.25) is 10.0 Å². The molecule has 9 heteroatoms. The van der Waals surface area contributed by atoms with E-state index in [1.54, 1.807) is 23.9 Å². The number of aromatic nitrogens is 3. The number of aryl methyl sites for hydroxylation is 2. The van der Waals surface area contributed by atoms with Gasteiger partial charge in [-0.05, 0) is 28.9 Å². The lowest BCUT2D eigenvalue weighted by Gasteiger charge is -2.05. The number of rotatable bonds is 5. The largest absolute Gasteiger partial charge is 0.321 e. The van der Waals surface area contributed by atoms with Crippen LogP contribution in [0.3, 0.4) is 0 Å². The third-order valence-corrected chi connectivity index (χ3v) is 5.85. The maximum atomic E-state index is 12.1. The van der Waals surface area contributed by atoms with E-state index >= 15 is 0 Å². The molecule has 2 rings (SSSR count). The highest BCUT2D eigenvalue weighted by molar-refractivity contribution is 9.11. The molecule has 0 fully saturated rings. The normalized spacial score (nSPS) is 11.9. The zero-order chi connectivity index (χ0) is 14.0. The van der Waals surface area contributed by atoms with Gasteiger partial charge in [-0.2, -0.15) is 0 Å². The van der Waals surface area contributed by atoms with Gasteiger partial charge in [0.15, 0.2) is 0 Å². The Labute approximate surface area is 124 Å². The van der Waals surface area contributed by atoms with E-state index in [9.17, 15) is 8.42 Å². The Morgan fingerprint density at radius 2 is 2.26 bits per heavy atom. The molecular formula is C10H13BrN4O2S2. The quantitative estimate of drug-likeness (QED) is 0.871. The topological polar surface area (TPSA) is 76.9 Å². The van der Waals surface area contributed by atoms with Crippen LogP contribution in [0.25, 0.3) is 0 Å². The van der Waals surface area contributed by atoms with Crippen molar-refractivity contribution in [3.8, 4) is 0 Å². The third-order valence-electron chi connectivity index (χ3n) is 2.58. The van der Waals surface area contributed by atoms with Gasteiger partial charge in [0.1, 0.15) is 12.2 Å². The molecule has 0 unspecified atom stereocenters. The van der Waals surface area contributed by atoms with E-state index in [-0.39, 0.29) is 0 Å². The van der Waals surface area contributed by atoms with Crippen LogP contribution in [0.1, 0.15) is 10.7 Å². The van der Waals surface area contributed by atoms with Gasteiger partial charge in [-0.15, -0.1) is 21.5 Å². The highest BCUT2D eigenvalue weighted by Gasteiger charge is 2.19. The first-order valence-electron chi connectivity index (χ1n) is 5.48. The second-order valence-corrected chi connectivity index (χ2v) is 8.35. The summed E-state index contributed by atoms with van der Waals surface area (Å²) in [5, 5.41) is 7.65. The second-order valence-electron chi connectivity index (χ2n) is 3.98. The Morgan fingerprint density at radius 1 is 1.53 bits per heavy atom. The van der Waals surface area contributed by atoms with E-state index in [0.29, 0.717) is 17.9 Å². The molecule has 19 heavy (non-hydrogen) atoms. The minimum absolute atomic E-state index is 0.293. The summed E-state index contributed by atoms with van der Waals surface area (Å²) in [5.74, 6) is 0.742. The summed E-state index contributed by atoms with van der Waals surface area (Å²) in [4.78, 5) is 1.08. The fourth-order valence-corrected chi connectivity index (χ4v) is 5.05. The van der Waals surface area contributed by atoms with Crippen molar-refractivity contribution >= 4 is 37.3 Å². The number of hydrogen-bond acceptors (Lipinski definition) is 5. The molecule has 104 valence electrons. The maximum Gasteiger partial charge on any atom is 0.241 e. The van der Waals surface area contributed by atoms with E-state index in [1.165, 1.54) is 11.3 Å². The average Bonchev–Trinajstić information content (AvgIpc) is 2.86. The smallest absolute Gasteiger partial charge is 0.241 e. The van der Waals surface area contributed by atoms with Gasteiger partial charge in [0, 0.05) is 24.9 Å². The molecule has 0 spiro atoms. The van der Waals surface area contributed by atoms with Gasteiger partial charge in [0.05, 0.1) is 8.68 Å². The molecule has 0 radical (unpaired) electrons. The van der Waals surface area contributed by atoms with Gasteiger partial charge in [-0.1, -0.05) is 0 Å². The molecule has 6 nitrogen and oxygen atoms in total. The molecule has 1 N–H and O–H groups in total. The summed E-state index contributed by atoms with van der Waals surface area (Å²) in [6.07, 6.45) is 2.09. The molecule has 0 saturated carbocycles. The molecule has 0 aliphatic carbocycles. The third kappa shape index (κ3) is 3.41. The lowest BCUT2D eigenvalue weighted by molar-refractivity contribution is 0.580. The van der Waals surface area contributed by atoms with Crippen LogP contribution in [0.2, 0.25) is 0 Å². The van der Waals surface area contributed by atoms with Gasteiger partial charge >= 0.3 is 0 Å². The van der Waals surface area contributed by atoms with Gasteiger partial charge in [-0.25, -0.2) is 13.1 Å². The van der Waals surface area contributed by atoms with Crippen LogP contribution in [0.15, 0.2) is 21.1 Å². The first-order valence-corrected chi connectivity index (χ1v) is 8.58. The van der Waals surface area contributed by atoms with Crippen LogP contribution in [-0.4, -0.2) is 29.7 Å². The van der Waals surface area contributed by atoms with Crippen molar-refractivity contribution in [3.63, 3.8) is 0 Å². The lowest BCUT2D eigenvalue weighted by Crippen LogP contribution is -2.26.